The molecule has 3 rings (SSSR count). The number of halogens is 2. The van der Waals surface area contributed by atoms with Gasteiger partial charge in [-0.05, 0) is 36.4 Å². The summed E-state index contributed by atoms with van der Waals surface area (Å²) in [5.41, 5.74) is 1.39. The van der Waals surface area contributed by atoms with E-state index in [1.54, 1.807) is 30.3 Å². The molecule has 24 heavy (non-hydrogen) atoms. The van der Waals surface area contributed by atoms with Crippen molar-refractivity contribution in [2.75, 3.05) is 11.9 Å². The molecule has 1 aliphatic heterocycles. The SMILES string of the molecule is O=C(CCN1C(=O)c2ccc(Br)cc2C1=O)Nc1cccc(Br)c1. The van der Waals surface area contributed by atoms with Gasteiger partial charge in [0, 0.05) is 27.6 Å². The number of hydrogen-bond donors (Lipinski definition) is 1. The number of rotatable bonds is 4. The van der Waals surface area contributed by atoms with Gasteiger partial charge in [0.15, 0.2) is 0 Å². The summed E-state index contributed by atoms with van der Waals surface area (Å²) < 4.78 is 1.59. The first kappa shape index (κ1) is 16.9. The van der Waals surface area contributed by atoms with Gasteiger partial charge >= 0.3 is 0 Å². The van der Waals surface area contributed by atoms with Crippen LogP contribution in [0.25, 0.3) is 0 Å². The number of imide groups is 1. The zero-order chi connectivity index (χ0) is 17.3. The predicted molar refractivity (Wildman–Crippen MR) is 96.9 cm³/mol. The van der Waals surface area contributed by atoms with Crippen molar-refractivity contribution in [2.45, 2.75) is 6.42 Å². The lowest BCUT2D eigenvalue weighted by Crippen LogP contribution is -2.32. The van der Waals surface area contributed by atoms with Crippen LogP contribution in [-0.2, 0) is 4.79 Å². The molecular weight excluding hydrogens is 440 g/mol. The summed E-state index contributed by atoms with van der Waals surface area (Å²) in [7, 11) is 0. The Bertz CT molecular complexity index is 851. The zero-order valence-corrected chi connectivity index (χ0v) is 15.6. The largest absolute Gasteiger partial charge is 0.326 e. The minimum absolute atomic E-state index is 0.0408. The van der Waals surface area contributed by atoms with Crippen LogP contribution in [0, 0.1) is 0 Å². The molecule has 0 unspecified atom stereocenters. The molecule has 2 aromatic carbocycles. The highest BCUT2D eigenvalue weighted by molar-refractivity contribution is 9.10. The number of anilines is 1. The first-order chi connectivity index (χ1) is 11.5. The molecule has 1 aliphatic rings. The van der Waals surface area contributed by atoms with Gasteiger partial charge in [-0.2, -0.15) is 0 Å². The number of fused-ring (bicyclic) bond motifs is 1. The van der Waals surface area contributed by atoms with Crippen molar-refractivity contribution in [3.8, 4) is 0 Å². The van der Waals surface area contributed by atoms with Crippen LogP contribution >= 0.6 is 31.9 Å². The summed E-state index contributed by atoms with van der Waals surface area (Å²) in [5.74, 6) is -0.991. The maximum Gasteiger partial charge on any atom is 0.261 e. The molecule has 0 fully saturated rings. The topological polar surface area (TPSA) is 66.5 Å². The average molecular weight is 452 g/mol. The molecule has 1 N–H and O–H groups in total. The molecule has 7 heteroatoms. The standard InChI is InChI=1S/C17H12Br2N2O3/c18-10-2-1-3-12(8-10)20-15(22)6-7-21-16(23)13-5-4-11(19)9-14(13)17(21)24/h1-5,8-9H,6-7H2,(H,20,22). The Kier molecular flexibility index (Phi) is 4.82. The van der Waals surface area contributed by atoms with Crippen LogP contribution in [-0.4, -0.2) is 29.2 Å². The van der Waals surface area contributed by atoms with Crippen molar-refractivity contribution in [2.24, 2.45) is 0 Å². The number of benzene rings is 2. The van der Waals surface area contributed by atoms with E-state index in [1.807, 2.05) is 12.1 Å². The van der Waals surface area contributed by atoms with Crippen molar-refractivity contribution in [3.63, 3.8) is 0 Å². The summed E-state index contributed by atoms with van der Waals surface area (Å²) in [6.45, 7) is 0.0454. The molecule has 2 aromatic rings. The van der Waals surface area contributed by atoms with E-state index in [0.717, 1.165) is 13.8 Å². The van der Waals surface area contributed by atoms with Gasteiger partial charge in [0.05, 0.1) is 11.1 Å². The van der Waals surface area contributed by atoms with E-state index in [-0.39, 0.29) is 30.7 Å². The highest BCUT2D eigenvalue weighted by Crippen LogP contribution is 2.26. The summed E-state index contributed by atoms with van der Waals surface area (Å²) in [4.78, 5) is 37.8. The van der Waals surface area contributed by atoms with Crippen LogP contribution in [0.15, 0.2) is 51.4 Å². The molecule has 0 radical (unpaired) electrons. The maximum absolute atomic E-state index is 12.3. The van der Waals surface area contributed by atoms with E-state index < -0.39 is 0 Å². The molecule has 0 saturated heterocycles. The Labute approximate surface area is 155 Å². The Morgan fingerprint density at radius 2 is 1.67 bits per heavy atom. The highest BCUT2D eigenvalue weighted by Gasteiger charge is 2.35. The first-order valence-corrected chi connectivity index (χ1v) is 8.75. The summed E-state index contributed by atoms with van der Waals surface area (Å²) in [5, 5.41) is 2.74. The molecule has 122 valence electrons. The second-order valence-corrected chi connectivity index (χ2v) is 7.09. The molecule has 0 spiro atoms. The second kappa shape index (κ2) is 6.86. The fourth-order valence-electron chi connectivity index (χ4n) is 2.47. The summed E-state index contributed by atoms with van der Waals surface area (Å²) in [6, 6.07) is 12.2. The van der Waals surface area contributed by atoms with E-state index in [4.69, 9.17) is 0 Å². The van der Waals surface area contributed by atoms with Gasteiger partial charge in [0.1, 0.15) is 0 Å². The van der Waals surface area contributed by atoms with Crippen LogP contribution in [0.1, 0.15) is 27.1 Å². The zero-order valence-electron chi connectivity index (χ0n) is 12.4. The van der Waals surface area contributed by atoms with Gasteiger partial charge in [-0.1, -0.05) is 37.9 Å². The minimum atomic E-state index is -0.369. The van der Waals surface area contributed by atoms with E-state index in [0.29, 0.717) is 16.8 Å². The second-order valence-electron chi connectivity index (χ2n) is 5.26. The quantitative estimate of drug-likeness (QED) is 0.718. The minimum Gasteiger partial charge on any atom is -0.326 e. The monoisotopic (exact) mass is 450 g/mol. The molecule has 5 nitrogen and oxygen atoms in total. The third-order valence-electron chi connectivity index (χ3n) is 3.60. The third-order valence-corrected chi connectivity index (χ3v) is 4.59. The summed E-state index contributed by atoms with van der Waals surface area (Å²) >= 11 is 6.62. The first-order valence-electron chi connectivity index (χ1n) is 7.17. The highest BCUT2D eigenvalue weighted by atomic mass is 79.9. The van der Waals surface area contributed by atoms with Crippen molar-refractivity contribution >= 4 is 55.3 Å². The lowest BCUT2D eigenvalue weighted by molar-refractivity contribution is -0.116. The number of amides is 3. The van der Waals surface area contributed by atoms with Crippen LogP contribution in [0.5, 0.6) is 0 Å². The van der Waals surface area contributed by atoms with Gasteiger partial charge in [-0.3, -0.25) is 19.3 Å². The molecule has 1 heterocycles. The lowest BCUT2D eigenvalue weighted by atomic mass is 10.1. The molecule has 0 aromatic heterocycles. The Morgan fingerprint density at radius 1 is 0.958 bits per heavy atom. The van der Waals surface area contributed by atoms with Crippen molar-refractivity contribution in [1.82, 2.24) is 4.90 Å². The number of hydrogen-bond acceptors (Lipinski definition) is 3. The Balaban J connectivity index is 1.64. The predicted octanol–water partition coefficient (Wildman–Crippen LogP) is 3.84. The number of nitrogens with zero attached hydrogens (tertiary/aromatic N) is 1. The van der Waals surface area contributed by atoms with E-state index in [2.05, 4.69) is 37.2 Å². The van der Waals surface area contributed by atoms with Crippen LogP contribution in [0.4, 0.5) is 5.69 Å². The van der Waals surface area contributed by atoms with E-state index in [9.17, 15) is 14.4 Å². The third kappa shape index (κ3) is 3.42. The van der Waals surface area contributed by atoms with Crippen LogP contribution in [0.3, 0.4) is 0 Å². The number of carbonyl (C=O) groups excluding carboxylic acids is 3. The Morgan fingerprint density at radius 3 is 2.42 bits per heavy atom. The number of nitrogens with one attached hydrogen (secondary N) is 1. The summed E-state index contributed by atoms with van der Waals surface area (Å²) in [6.07, 6.45) is 0.0408. The smallest absolute Gasteiger partial charge is 0.261 e. The molecule has 0 atom stereocenters. The normalized spacial score (nSPS) is 13.2. The van der Waals surface area contributed by atoms with Crippen LogP contribution < -0.4 is 5.32 Å². The van der Waals surface area contributed by atoms with Crippen molar-refractivity contribution < 1.29 is 14.4 Å². The fraction of sp³-hybridized carbons (Fsp3) is 0.118. The van der Waals surface area contributed by atoms with Crippen LogP contribution in [0.2, 0.25) is 0 Å². The molecule has 0 bridgehead atoms. The average Bonchev–Trinajstić information content (AvgIpc) is 2.76. The number of carbonyl (C=O) groups is 3. The van der Waals surface area contributed by atoms with Gasteiger partial charge in [-0.25, -0.2) is 0 Å². The molecule has 3 amide bonds. The van der Waals surface area contributed by atoms with Gasteiger partial charge < -0.3 is 5.32 Å². The van der Waals surface area contributed by atoms with Gasteiger partial charge in [0.2, 0.25) is 5.91 Å². The van der Waals surface area contributed by atoms with Gasteiger partial charge in [0.25, 0.3) is 11.8 Å². The molecule has 0 saturated carbocycles. The van der Waals surface area contributed by atoms with E-state index >= 15 is 0 Å². The van der Waals surface area contributed by atoms with E-state index in [1.165, 1.54) is 0 Å². The Hall–Kier alpha value is -1.99. The fourth-order valence-corrected chi connectivity index (χ4v) is 3.23. The van der Waals surface area contributed by atoms with Crippen molar-refractivity contribution in [3.05, 3.63) is 62.5 Å². The molecular formula is C17H12Br2N2O3. The van der Waals surface area contributed by atoms with Crippen molar-refractivity contribution in [1.29, 1.82) is 0 Å². The lowest BCUT2D eigenvalue weighted by Gasteiger charge is -2.13. The molecule has 0 aliphatic carbocycles. The maximum atomic E-state index is 12.3. The van der Waals surface area contributed by atoms with Gasteiger partial charge in [-0.15, -0.1) is 0 Å².